The highest BCUT2D eigenvalue weighted by Gasteiger charge is 2.34. The summed E-state index contributed by atoms with van der Waals surface area (Å²) in [5, 5.41) is 7.64. The molecule has 5 rings (SSSR count). The Morgan fingerprint density at radius 1 is 1.14 bits per heavy atom. The third-order valence-corrected chi connectivity index (χ3v) is 6.71. The van der Waals surface area contributed by atoms with Crippen molar-refractivity contribution in [2.75, 3.05) is 6.61 Å². The number of carbonyl (C=O) groups is 2. The molecule has 2 N–H and O–H groups in total. The molecule has 0 bridgehead atoms. The van der Waals surface area contributed by atoms with E-state index in [0.717, 1.165) is 0 Å². The maximum atomic E-state index is 13.5. The maximum Gasteiger partial charge on any atom is 0.338 e. The largest absolute Gasteiger partial charge is 0.463 e. The molecular formula is C26H21FN4O4S. The summed E-state index contributed by atoms with van der Waals surface area (Å²) in [6.45, 7) is 1.74. The Balaban J connectivity index is 1.62. The highest BCUT2D eigenvalue weighted by atomic mass is 32.1. The highest BCUT2D eigenvalue weighted by Crippen LogP contribution is 2.31. The van der Waals surface area contributed by atoms with Crippen molar-refractivity contribution in [2.24, 2.45) is 0 Å². The molecule has 0 spiro atoms. The van der Waals surface area contributed by atoms with Gasteiger partial charge in [-0.05, 0) is 30.2 Å². The zero-order valence-electron chi connectivity index (χ0n) is 19.2. The first-order valence-electron chi connectivity index (χ1n) is 11.2. The molecule has 0 saturated carbocycles. The molecule has 1 atom stereocenters. The van der Waals surface area contributed by atoms with E-state index in [4.69, 9.17) is 4.74 Å². The summed E-state index contributed by atoms with van der Waals surface area (Å²) >= 11 is 1.31. The van der Waals surface area contributed by atoms with E-state index in [2.05, 4.69) is 15.6 Å². The molecule has 0 aliphatic carbocycles. The lowest BCUT2D eigenvalue weighted by atomic mass is 9.95. The van der Waals surface area contributed by atoms with Crippen molar-refractivity contribution < 1.29 is 18.7 Å². The van der Waals surface area contributed by atoms with Gasteiger partial charge in [-0.15, -0.1) is 11.3 Å². The molecule has 0 saturated heterocycles. The summed E-state index contributed by atoms with van der Waals surface area (Å²) in [5.41, 5.74) is 2.13. The summed E-state index contributed by atoms with van der Waals surface area (Å²) in [4.78, 5) is 44.1. The van der Waals surface area contributed by atoms with Crippen molar-refractivity contribution >= 4 is 33.6 Å². The van der Waals surface area contributed by atoms with Crippen LogP contribution in [0.2, 0.25) is 0 Å². The lowest BCUT2D eigenvalue weighted by molar-refractivity contribution is -0.139. The van der Waals surface area contributed by atoms with E-state index in [1.54, 1.807) is 36.6 Å². The Morgan fingerprint density at radius 3 is 2.61 bits per heavy atom. The number of ether oxygens (including phenoxy) is 1. The van der Waals surface area contributed by atoms with Gasteiger partial charge in [0.05, 0.1) is 42.2 Å². The Labute approximate surface area is 209 Å². The molecule has 2 aromatic heterocycles. The van der Waals surface area contributed by atoms with E-state index in [9.17, 15) is 18.8 Å². The van der Waals surface area contributed by atoms with Gasteiger partial charge in [-0.3, -0.25) is 9.36 Å². The van der Waals surface area contributed by atoms with Crippen molar-refractivity contribution in [3.8, 4) is 11.1 Å². The second-order valence-corrected chi connectivity index (χ2v) is 8.93. The van der Waals surface area contributed by atoms with Crippen molar-refractivity contribution in [3.63, 3.8) is 0 Å². The van der Waals surface area contributed by atoms with Crippen LogP contribution in [0, 0.1) is 5.82 Å². The number of nitrogens with zero attached hydrogens (tertiary/aromatic N) is 2. The number of aromatic nitrogens is 2. The Hall–Kier alpha value is -4.31. The van der Waals surface area contributed by atoms with Gasteiger partial charge in [-0.2, -0.15) is 0 Å². The number of halogens is 1. The lowest BCUT2D eigenvalue weighted by Gasteiger charge is -2.29. The normalized spacial score (nSPS) is 15.5. The highest BCUT2D eigenvalue weighted by molar-refractivity contribution is 7.17. The van der Waals surface area contributed by atoms with E-state index < -0.39 is 18.0 Å². The van der Waals surface area contributed by atoms with E-state index in [0.29, 0.717) is 26.9 Å². The third-order valence-electron chi connectivity index (χ3n) is 5.83. The Kier molecular flexibility index (Phi) is 6.34. The molecule has 1 aliphatic heterocycles. The van der Waals surface area contributed by atoms with Crippen LogP contribution in [0.5, 0.6) is 0 Å². The fourth-order valence-corrected chi connectivity index (χ4v) is 5.09. The van der Waals surface area contributed by atoms with Crippen LogP contribution in [0.1, 0.15) is 18.5 Å². The number of hydrogen-bond acceptors (Lipinski definition) is 6. The number of hydrogen-bond donors (Lipinski definition) is 2. The second-order valence-electron chi connectivity index (χ2n) is 8.07. The number of nitrogens with one attached hydrogen (secondary N) is 2. The summed E-state index contributed by atoms with van der Waals surface area (Å²) in [5.74, 6) is -0.972. The summed E-state index contributed by atoms with van der Waals surface area (Å²) < 4.78 is 20.1. The van der Waals surface area contributed by atoms with Crippen LogP contribution in [0.15, 0.2) is 82.4 Å². The van der Waals surface area contributed by atoms with Gasteiger partial charge < -0.3 is 15.4 Å². The topological polar surface area (TPSA) is 102 Å². The van der Waals surface area contributed by atoms with Crippen LogP contribution in [-0.2, 0) is 16.1 Å². The van der Waals surface area contributed by atoms with Crippen molar-refractivity contribution in [3.05, 3.63) is 99.3 Å². The first-order valence-corrected chi connectivity index (χ1v) is 12.1. The van der Waals surface area contributed by atoms with Crippen LogP contribution >= 0.6 is 11.3 Å². The number of fused-ring (bicyclic) bond motifs is 1. The van der Waals surface area contributed by atoms with Crippen molar-refractivity contribution in [1.29, 1.82) is 0 Å². The van der Waals surface area contributed by atoms with Gasteiger partial charge in [0.25, 0.3) is 5.56 Å². The molecule has 182 valence electrons. The zero-order valence-corrected chi connectivity index (χ0v) is 20.0. The minimum Gasteiger partial charge on any atom is -0.463 e. The number of esters is 1. The Bertz CT molecular complexity index is 1540. The quantitative estimate of drug-likeness (QED) is 0.385. The summed E-state index contributed by atoms with van der Waals surface area (Å²) in [6, 6.07) is 13.7. The minimum absolute atomic E-state index is 0.106. The van der Waals surface area contributed by atoms with E-state index >= 15 is 0 Å². The van der Waals surface area contributed by atoms with Crippen LogP contribution in [0.3, 0.4) is 0 Å². The molecule has 2 aromatic carbocycles. The summed E-state index contributed by atoms with van der Waals surface area (Å²) in [6.07, 6.45) is 1.39. The second kappa shape index (κ2) is 9.74. The molecule has 8 nitrogen and oxygen atoms in total. The van der Waals surface area contributed by atoms with Gasteiger partial charge in [0.2, 0.25) is 0 Å². The summed E-state index contributed by atoms with van der Waals surface area (Å²) in [7, 11) is 0. The average Bonchev–Trinajstić information content (AvgIpc) is 3.31. The number of rotatable bonds is 6. The van der Waals surface area contributed by atoms with Crippen molar-refractivity contribution in [2.45, 2.75) is 19.5 Å². The van der Waals surface area contributed by atoms with Gasteiger partial charge in [-0.25, -0.2) is 19.0 Å². The molecule has 4 aromatic rings. The van der Waals surface area contributed by atoms with Gasteiger partial charge in [-0.1, -0.05) is 42.5 Å². The first kappa shape index (κ1) is 23.4. The third kappa shape index (κ3) is 4.38. The zero-order chi connectivity index (χ0) is 25.2. The van der Waals surface area contributed by atoms with Gasteiger partial charge in [0, 0.05) is 10.9 Å². The van der Waals surface area contributed by atoms with Crippen molar-refractivity contribution in [1.82, 2.24) is 20.2 Å². The van der Waals surface area contributed by atoms with Gasteiger partial charge in [0.15, 0.2) is 0 Å². The predicted molar refractivity (Wildman–Crippen MR) is 134 cm³/mol. The van der Waals surface area contributed by atoms with Gasteiger partial charge in [0.1, 0.15) is 10.6 Å². The number of carbonyl (C=O) groups excluding carboxylic acids is 2. The minimum atomic E-state index is -0.752. The monoisotopic (exact) mass is 504 g/mol. The van der Waals surface area contributed by atoms with E-state index in [1.165, 1.54) is 34.4 Å². The molecule has 2 amide bonds. The van der Waals surface area contributed by atoms with Crippen LogP contribution in [-0.4, -0.2) is 28.2 Å². The standard InChI is InChI=1S/C26H21FN4O4S/c1-2-35-25(33)21-19(29-26(34)30-22(21)16-6-4-3-5-7-16)12-31-14-28-23-20(24(31)32)18(13-36-23)15-8-10-17(27)11-9-15/h3-11,13-14,22H,2,12H2,1H3,(H2,29,30,34)/t22-/m0/s1. The Morgan fingerprint density at radius 2 is 1.89 bits per heavy atom. The number of thiophene rings is 1. The number of benzene rings is 2. The number of urea groups is 1. The van der Waals surface area contributed by atoms with Crippen LogP contribution < -0.4 is 16.2 Å². The van der Waals surface area contributed by atoms with E-state index in [-0.39, 0.29) is 35.8 Å². The number of amides is 2. The molecule has 10 heteroatoms. The maximum absolute atomic E-state index is 13.5. The molecule has 0 fully saturated rings. The van der Waals surface area contributed by atoms with Gasteiger partial charge >= 0.3 is 12.0 Å². The molecule has 3 heterocycles. The molecular weight excluding hydrogens is 483 g/mol. The molecule has 0 radical (unpaired) electrons. The molecule has 1 aliphatic rings. The lowest BCUT2D eigenvalue weighted by Crippen LogP contribution is -2.47. The smallest absolute Gasteiger partial charge is 0.338 e. The van der Waals surface area contributed by atoms with Crippen LogP contribution in [0.4, 0.5) is 9.18 Å². The fraction of sp³-hybridized carbons (Fsp3) is 0.154. The van der Waals surface area contributed by atoms with Crippen LogP contribution in [0.25, 0.3) is 21.3 Å². The predicted octanol–water partition coefficient (Wildman–Crippen LogP) is 4.14. The average molecular weight is 505 g/mol. The van der Waals surface area contributed by atoms with E-state index in [1.807, 2.05) is 18.2 Å². The fourth-order valence-electron chi connectivity index (χ4n) is 4.18. The SMILES string of the molecule is CCOC(=O)C1=C(Cn2cnc3scc(-c4ccc(F)cc4)c3c2=O)NC(=O)N[C@H]1c1ccccc1. The molecule has 36 heavy (non-hydrogen) atoms. The number of allylic oxidation sites excluding steroid dienone is 1. The molecule has 0 unspecified atom stereocenters. The first-order chi connectivity index (χ1) is 17.5.